The molecule has 0 saturated carbocycles. The summed E-state index contributed by atoms with van der Waals surface area (Å²) in [5.74, 6) is 0.550. The third kappa shape index (κ3) is 5.67. The molecule has 4 nitrogen and oxygen atoms in total. The maximum Gasteiger partial charge on any atom is 0.260 e. The highest BCUT2D eigenvalue weighted by molar-refractivity contribution is 9.10. The summed E-state index contributed by atoms with van der Waals surface area (Å²) in [5, 5.41) is 2.96. The molecule has 0 fully saturated rings. The Morgan fingerprint density at radius 3 is 2.62 bits per heavy atom. The number of hydrogen-bond donors (Lipinski definition) is 2. The zero-order chi connectivity index (χ0) is 16.0. The van der Waals surface area contributed by atoms with E-state index in [1.165, 1.54) is 0 Å². The van der Waals surface area contributed by atoms with Gasteiger partial charge in [0.2, 0.25) is 0 Å². The number of benzene rings is 1. The van der Waals surface area contributed by atoms with Gasteiger partial charge in [0.05, 0.1) is 0 Å². The Hall–Kier alpha value is -1.07. The number of ether oxygens (including phenoxy) is 1. The van der Waals surface area contributed by atoms with Crippen LogP contribution >= 0.6 is 15.9 Å². The Morgan fingerprint density at radius 1 is 1.38 bits per heavy atom. The van der Waals surface area contributed by atoms with E-state index in [1.54, 1.807) is 6.92 Å². The van der Waals surface area contributed by atoms with E-state index in [9.17, 15) is 4.79 Å². The van der Waals surface area contributed by atoms with Crippen molar-refractivity contribution in [2.75, 3.05) is 0 Å². The van der Waals surface area contributed by atoms with E-state index >= 15 is 0 Å². The van der Waals surface area contributed by atoms with Gasteiger partial charge in [0, 0.05) is 22.1 Å². The number of nitrogens with one attached hydrogen (secondary N) is 1. The molecular formula is C16H25BrN2O2. The van der Waals surface area contributed by atoms with Gasteiger partial charge in [-0.3, -0.25) is 4.79 Å². The highest BCUT2D eigenvalue weighted by atomic mass is 79.9. The largest absolute Gasteiger partial charge is 0.481 e. The summed E-state index contributed by atoms with van der Waals surface area (Å²) in [6, 6.07) is 5.64. The van der Waals surface area contributed by atoms with E-state index in [2.05, 4.69) is 28.2 Å². The van der Waals surface area contributed by atoms with Gasteiger partial charge in [0.1, 0.15) is 5.75 Å². The predicted molar refractivity (Wildman–Crippen MR) is 89.3 cm³/mol. The zero-order valence-corrected chi connectivity index (χ0v) is 14.7. The lowest BCUT2D eigenvalue weighted by molar-refractivity contribution is -0.127. The molecule has 3 atom stereocenters. The van der Waals surface area contributed by atoms with Crippen molar-refractivity contribution < 1.29 is 9.53 Å². The summed E-state index contributed by atoms with van der Waals surface area (Å²) >= 11 is 3.42. The highest BCUT2D eigenvalue weighted by Crippen LogP contribution is 2.28. The van der Waals surface area contributed by atoms with Crippen LogP contribution in [0.3, 0.4) is 0 Å². The summed E-state index contributed by atoms with van der Waals surface area (Å²) in [7, 11) is 0. The first-order valence-electron chi connectivity index (χ1n) is 7.37. The van der Waals surface area contributed by atoms with Crippen molar-refractivity contribution in [3.8, 4) is 5.75 Å². The number of carbonyl (C=O) groups is 1. The molecule has 0 spiro atoms. The van der Waals surface area contributed by atoms with Crippen LogP contribution in [0.15, 0.2) is 22.7 Å². The Kier molecular flexibility index (Phi) is 7.18. The van der Waals surface area contributed by atoms with Crippen LogP contribution < -0.4 is 15.8 Å². The molecule has 0 aliphatic carbocycles. The molecule has 1 aromatic rings. The maximum absolute atomic E-state index is 12.1. The van der Waals surface area contributed by atoms with Gasteiger partial charge in [-0.15, -0.1) is 0 Å². The summed E-state index contributed by atoms with van der Waals surface area (Å²) in [5.41, 5.74) is 6.83. The molecule has 0 heterocycles. The minimum Gasteiger partial charge on any atom is -0.481 e. The predicted octanol–water partition coefficient (Wildman–Crippen LogP) is 3.54. The van der Waals surface area contributed by atoms with E-state index in [1.807, 2.05) is 32.0 Å². The van der Waals surface area contributed by atoms with Gasteiger partial charge < -0.3 is 15.8 Å². The number of halogens is 1. The highest BCUT2D eigenvalue weighted by Gasteiger charge is 2.19. The smallest absolute Gasteiger partial charge is 0.260 e. The fourth-order valence-electron chi connectivity index (χ4n) is 2.09. The third-order valence-electron chi connectivity index (χ3n) is 3.25. The van der Waals surface area contributed by atoms with Crippen LogP contribution in [-0.2, 0) is 4.79 Å². The lowest BCUT2D eigenvalue weighted by Gasteiger charge is -2.21. The minimum absolute atomic E-state index is 0.102. The molecule has 1 rings (SSSR count). The second kappa shape index (κ2) is 8.39. The van der Waals surface area contributed by atoms with Crippen LogP contribution in [0.4, 0.5) is 0 Å². The van der Waals surface area contributed by atoms with Crippen molar-refractivity contribution >= 4 is 21.8 Å². The van der Waals surface area contributed by atoms with Gasteiger partial charge in [-0.05, 0) is 45.4 Å². The molecule has 5 heteroatoms. The average molecular weight is 357 g/mol. The SMILES string of the molecule is CCCC(C)NC(=O)C(C)Oc1ccc(Br)cc1[C@@H](C)N. The second-order valence-electron chi connectivity index (χ2n) is 5.43. The molecular weight excluding hydrogens is 332 g/mol. The van der Waals surface area contributed by atoms with Gasteiger partial charge in [-0.1, -0.05) is 29.3 Å². The molecule has 21 heavy (non-hydrogen) atoms. The second-order valence-corrected chi connectivity index (χ2v) is 6.34. The van der Waals surface area contributed by atoms with Crippen LogP contribution in [0.2, 0.25) is 0 Å². The zero-order valence-electron chi connectivity index (χ0n) is 13.2. The van der Waals surface area contributed by atoms with Gasteiger partial charge in [0.25, 0.3) is 5.91 Å². The van der Waals surface area contributed by atoms with Crippen molar-refractivity contribution in [2.24, 2.45) is 5.73 Å². The summed E-state index contributed by atoms with van der Waals surface area (Å²) < 4.78 is 6.73. The molecule has 0 aliphatic rings. The standard InChI is InChI=1S/C16H25BrN2O2/c1-5-6-10(2)19-16(20)12(4)21-15-8-7-13(17)9-14(15)11(3)18/h7-12H,5-6,18H2,1-4H3,(H,19,20)/t10?,11-,12?/m1/s1. The summed E-state index contributed by atoms with van der Waals surface area (Å²) in [6.45, 7) is 7.74. The fourth-order valence-corrected chi connectivity index (χ4v) is 2.47. The molecule has 0 saturated heterocycles. The number of hydrogen-bond acceptors (Lipinski definition) is 3. The molecule has 0 aromatic heterocycles. The number of rotatable bonds is 7. The average Bonchev–Trinajstić information content (AvgIpc) is 2.40. The van der Waals surface area contributed by atoms with E-state index < -0.39 is 6.10 Å². The first-order valence-corrected chi connectivity index (χ1v) is 8.16. The lowest BCUT2D eigenvalue weighted by atomic mass is 10.1. The topological polar surface area (TPSA) is 64.3 Å². The van der Waals surface area contributed by atoms with E-state index in [0.717, 1.165) is 22.9 Å². The van der Waals surface area contributed by atoms with Gasteiger partial charge >= 0.3 is 0 Å². The summed E-state index contributed by atoms with van der Waals surface area (Å²) in [4.78, 5) is 12.1. The van der Waals surface area contributed by atoms with Crippen molar-refractivity contribution in [3.05, 3.63) is 28.2 Å². The molecule has 0 aliphatic heterocycles. The van der Waals surface area contributed by atoms with Crippen molar-refractivity contribution in [3.63, 3.8) is 0 Å². The van der Waals surface area contributed by atoms with E-state index in [4.69, 9.17) is 10.5 Å². The maximum atomic E-state index is 12.1. The molecule has 118 valence electrons. The molecule has 0 bridgehead atoms. The van der Waals surface area contributed by atoms with Crippen LogP contribution in [-0.4, -0.2) is 18.1 Å². The first kappa shape index (κ1) is 18.0. The van der Waals surface area contributed by atoms with E-state index in [0.29, 0.717) is 5.75 Å². The Morgan fingerprint density at radius 2 is 2.05 bits per heavy atom. The summed E-state index contributed by atoms with van der Waals surface area (Å²) in [6.07, 6.45) is 1.45. The van der Waals surface area contributed by atoms with Gasteiger partial charge in [0.15, 0.2) is 6.10 Å². The molecule has 0 radical (unpaired) electrons. The Bertz CT molecular complexity index is 477. The molecule has 1 aromatic carbocycles. The van der Waals surface area contributed by atoms with Crippen LogP contribution in [0.1, 0.15) is 52.1 Å². The Labute approximate surface area is 135 Å². The van der Waals surface area contributed by atoms with Crippen LogP contribution in [0, 0.1) is 0 Å². The lowest BCUT2D eigenvalue weighted by Crippen LogP contribution is -2.41. The third-order valence-corrected chi connectivity index (χ3v) is 3.74. The van der Waals surface area contributed by atoms with E-state index in [-0.39, 0.29) is 18.0 Å². The number of amides is 1. The quantitative estimate of drug-likeness (QED) is 0.785. The minimum atomic E-state index is -0.553. The van der Waals surface area contributed by atoms with Crippen LogP contribution in [0.5, 0.6) is 5.75 Å². The van der Waals surface area contributed by atoms with Crippen molar-refractivity contribution in [2.45, 2.75) is 58.7 Å². The monoisotopic (exact) mass is 356 g/mol. The van der Waals surface area contributed by atoms with Gasteiger partial charge in [-0.2, -0.15) is 0 Å². The first-order chi connectivity index (χ1) is 9.85. The van der Waals surface area contributed by atoms with Crippen molar-refractivity contribution in [1.82, 2.24) is 5.32 Å². The van der Waals surface area contributed by atoms with Crippen molar-refractivity contribution in [1.29, 1.82) is 0 Å². The molecule has 3 N–H and O–H groups in total. The fraction of sp³-hybridized carbons (Fsp3) is 0.562. The number of carbonyl (C=O) groups excluding carboxylic acids is 1. The molecule has 1 amide bonds. The number of nitrogens with two attached hydrogens (primary N) is 1. The van der Waals surface area contributed by atoms with Crippen LogP contribution in [0.25, 0.3) is 0 Å². The molecule has 2 unspecified atom stereocenters. The van der Waals surface area contributed by atoms with Gasteiger partial charge in [-0.25, -0.2) is 0 Å². The normalized spacial score (nSPS) is 15.1. The Balaban J connectivity index is 2.74.